The molecule has 1 nitrogen and oxygen atoms in total. The van der Waals surface area contributed by atoms with Gasteiger partial charge in [-0.2, -0.15) is 0 Å². The normalized spacial score (nSPS) is 10.1. The van der Waals surface area contributed by atoms with Gasteiger partial charge >= 0.3 is 0 Å². The van der Waals surface area contributed by atoms with Gasteiger partial charge in [0, 0.05) is 17.9 Å². The van der Waals surface area contributed by atoms with Crippen LogP contribution in [0.5, 0.6) is 0 Å². The maximum Gasteiger partial charge on any atom is 0.0410 e. The second-order valence-electron chi connectivity index (χ2n) is 3.69. The van der Waals surface area contributed by atoms with Crippen molar-refractivity contribution < 1.29 is 0 Å². The fraction of sp³-hybridized carbons (Fsp3) is 0.133. The number of hydrogen-bond donors (Lipinski definition) is 0. The molecule has 2 rings (SSSR count). The Kier molecular flexibility index (Phi) is 3.60. The quantitative estimate of drug-likeness (QED) is 0.736. The Labute approximate surface area is 97.3 Å². The van der Waals surface area contributed by atoms with E-state index in [1.165, 1.54) is 11.4 Å². The molecule has 0 heterocycles. The van der Waals surface area contributed by atoms with Gasteiger partial charge in [-0.05, 0) is 30.7 Å². The average molecular weight is 210 g/mol. The summed E-state index contributed by atoms with van der Waals surface area (Å²) in [6.07, 6.45) is 2.17. The van der Waals surface area contributed by atoms with Crippen LogP contribution in [0.4, 0.5) is 11.4 Å². The smallest absolute Gasteiger partial charge is 0.0410 e. The van der Waals surface area contributed by atoms with Gasteiger partial charge in [0.15, 0.2) is 0 Å². The van der Waals surface area contributed by atoms with Gasteiger partial charge in [0.25, 0.3) is 0 Å². The monoisotopic (exact) mass is 210 g/mol. The molecule has 0 N–H and O–H groups in total. The van der Waals surface area contributed by atoms with Crippen molar-refractivity contribution in [2.24, 2.45) is 0 Å². The average Bonchev–Trinajstić information content (AvgIpc) is 2.38. The van der Waals surface area contributed by atoms with Gasteiger partial charge in [-0.3, -0.25) is 0 Å². The first-order valence-electron chi connectivity index (χ1n) is 5.57. The lowest BCUT2D eigenvalue weighted by Gasteiger charge is -2.24. The fourth-order valence-corrected chi connectivity index (χ4v) is 1.76. The van der Waals surface area contributed by atoms with Crippen LogP contribution in [-0.2, 0) is 0 Å². The van der Waals surface area contributed by atoms with E-state index in [-0.39, 0.29) is 0 Å². The van der Waals surface area contributed by atoms with Crippen molar-refractivity contribution >= 4 is 11.4 Å². The van der Waals surface area contributed by atoms with Crippen LogP contribution in [0, 0.1) is 6.42 Å². The predicted molar refractivity (Wildman–Crippen MR) is 69.9 cm³/mol. The Morgan fingerprint density at radius 1 is 0.812 bits per heavy atom. The minimum Gasteiger partial charge on any atom is -0.341 e. The van der Waals surface area contributed by atoms with E-state index >= 15 is 0 Å². The molecule has 0 aromatic heterocycles. The Balaban J connectivity index is 2.31. The SMILES string of the molecule is C[CH]CN(c1ccccc1)c1ccccc1. The van der Waals surface area contributed by atoms with Crippen molar-refractivity contribution in [3.05, 3.63) is 67.1 Å². The Morgan fingerprint density at radius 2 is 1.25 bits per heavy atom. The lowest BCUT2D eigenvalue weighted by atomic mass is 10.2. The van der Waals surface area contributed by atoms with Gasteiger partial charge in [-0.15, -0.1) is 0 Å². The molecule has 0 aliphatic heterocycles. The molecule has 0 aliphatic carbocycles. The topological polar surface area (TPSA) is 3.24 Å². The highest BCUT2D eigenvalue weighted by Crippen LogP contribution is 2.24. The molecule has 0 spiro atoms. The Bertz CT molecular complexity index is 368. The first-order valence-corrected chi connectivity index (χ1v) is 5.57. The summed E-state index contributed by atoms with van der Waals surface area (Å²) in [5, 5.41) is 0. The summed E-state index contributed by atoms with van der Waals surface area (Å²) in [6.45, 7) is 3.01. The van der Waals surface area contributed by atoms with E-state index in [1.807, 2.05) is 12.1 Å². The van der Waals surface area contributed by atoms with Crippen molar-refractivity contribution in [2.75, 3.05) is 11.4 Å². The molecule has 2 aromatic carbocycles. The number of nitrogens with zero attached hydrogens (tertiary/aromatic N) is 1. The third-order valence-electron chi connectivity index (χ3n) is 2.50. The van der Waals surface area contributed by atoms with Crippen LogP contribution in [0.15, 0.2) is 60.7 Å². The fourth-order valence-electron chi connectivity index (χ4n) is 1.76. The maximum atomic E-state index is 2.29. The van der Waals surface area contributed by atoms with Crippen LogP contribution in [0.1, 0.15) is 6.92 Å². The van der Waals surface area contributed by atoms with E-state index in [4.69, 9.17) is 0 Å². The molecular weight excluding hydrogens is 194 g/mol. The van der Waals surface area contributed by atoms with Crippen LogP contribution in [0.2, 0.25) is 0 Å². The minimum absolute atomic E-state index is 0.925. The summed E-state index contributed by atoms with van der Waals surface area (Å²) in [4.78, 5) is 2.29. The number of para-hydroxylation sites is 2. The lowest BCUT2D eigenvalue weighted by Crippen LogP contribution is -2.17. The number of rotatable bonds is 4. The van der Waals surface area contributed by atoms with E-state index in [0.29, 0.717) is 0 Å². The largest absolute Gasteiger partial charge is 0.341 e. The highest BCUT2D eigenvalue weighted by Gasteiger charge is 2.06. The molecule has 16 heavy (non-hydrogen) atoms. The molecule has 0 amide bonds. The molecular formula is C15H16N. The van der Waals surface area contributed by atoms with Crippen LogP contribution in [0.25, 0.3) is 0 Å². The van der Waals surface area contributed by atoms with Crippen molar-refractivity contribution in [1.82, 2.24) is 0 Å². The molecule has 81 valence electrons. The first-order chi connectivity index (χ1) is 7.92. The number of anilines is 2. The standard InChI is InChI=1S/C15H16N/c1-2-13-16(14-9-5-3-6-10-14)15-11-7-4-8-12-15/h2-12H,13H2,1H3. The highest BCUT2D eigenvalue weighted by atomic mass is 15.1. The van der Waals surface area contributed by atoms with E-state index < -0.39 is 0 Å². The van der Waals surface area contributed by atoms with Gasteiger partial charge < -0.3 is 4.90 Å². The molecule has 0 bridgehead atoms. The molecule has 1 radical (unpaired) electrons. The predicted octanol–water partition coefficient (Wildman–Crippen LogP) is 4.05. The number of hydrogen-bond acceptors (Lipinski definition) is 1. The summed E-state index contributed by atoms with van der Waals surface area (Å²) in [5.74, 6) is 0. The Morgan fingerprint density at radius 3 is 1.62 bits per heavy atom. The summed E-state index contributed by atoms with van der Waals surface area (Å²) in [6, 6.07) is 20.9. The van der Waals surface area contributed by atoms with Gasteiger partial charge in [-0.1, -0.05) is 43.3 Å². The molecule has 2 aromatic rings. The second-order valence-corrected chi connectivity index (χ2v) is 3.69. The third kappa shape index (κ3) is 2.43. The summed E-state index contributed by atoms with van der Waals surface area (Å²) in [5.41, 5.74) is 2.46. The van der Waals surface area contributed by atoms with Crippen LogP contribution in [-0.4, -0.2) is 6.54 Å². The van der Waals surface area contributed by atoms with Crippen molar-refractivity contribution in [3.8, 4) is 0 Å². The van der Waals surface area contributed by atoms with Crippen LogP contribution >= 0.6 is 0 Å². The highest BCUT2D eigenvalue weighted by molar-refractivity contribution is 5.63. The zero-order valence-electron chi connectivity index (χ0n) is 9.51. The minimum atomic E-state index is 0.925. The first kappa shape index (κ1) is 10.7. The number of benzene rings is 2. The van der Waals surface area contributed by atoms with Crippen LogP contribution in [0.3, 0.4) is 0 Å². The van der Waals surface area contributed by atoms with E-state index in [9.17, 15) is 0 Å². The van der Waals surface area contributed by atoms with Crippen LogP contribution < -0.4 is 4.90 Å². The summed E-state index contributed by atoms with van der Waals surface area (Å²) >= 11 is 0. The second kappa shape index (κ2) is 5.36. The van der Waals surface area contributed by atoms with E-state index in [1.54, 1.807) is 0 Å². The Hall–Kier alpha value is -1.76. The molecule has 0 aliphatic rings. The molecule has 0 unspecified atom stereocenters. The molecule has 0 fully saturated rings. The van der Waals surface area contributed by atoms with E-state index in [2.05, 4.69) is 66.8 Å². The maximum absolute atomic E-state index is 2.29. The zero-order chi connectivity index (χ0) is 11.2. The van der Waals surface area contributed by atoms with Crippen molar-refractivity contribution in [3.63, 3.8) is 0 Å². The molecule has 0 atom stereocenters. The van der Waals surface area contributed by atoms with Gasteiger partial charge in [0.2, 0.25) is 0 Å². The molecule has 1 heteroatoms. The summed E-state index contributed by atoms with van der Waals surface area (Å²) in [7, 11) is 0. The van der Waals surface area contributed by atoms with Gasteiger partial charge in [0.05, 0.1) is 0 Å². The lowest BCUT2D eigenvalue weighted by molar-refractivity contribution is 1.03. The molecule has 0 saturated heterocycles. The van der Waals surface area contributed by atoms with E-state index in [0.717, 1.165) is 6.54 Å². The van der Waals surface area contributed by atoms with Crippen molar-refractivity contribution in [1.29, 1.82) is 0 Å². The van der Waals surface area contributed by atoms with Gasteiger partial charge in [-0.25, -0.2) is 0 Å². The molecule has 0 saturated carbocycles. The third-order valence-corrected chi connectivity index (χ3v) is 2.50. The van der Waals surface area contributed by atoms with Crippen molar-refractivity contribution in [2.45, 2.75) is 6.92 Å². The summed E-state index contributed by atoms with van der Waals surface area (Å²) < 4.78 is 0. The zero-order valence-corrected chi connectivity index (χ0v) is 9.51. The van der Waals surface area contributed by atoms with Gasteiger partial charge in [0.1, 0.15) is 0 Å².